The number of thiazole rings is 1. The molecule has 0 aliphatic carbocycles. The van der Waals surface area contributed by atoms with E-state index in [4.69, 9.17) is 31.2 Å². The van der Waals surface area contributed by atoms with Crippen molar-refractivity contribution in [1.29, 1.82) is 0 Å². The summed E-state index contributed by atoms with van der Waals surface area (Å²) in [5.74, 6) is 0.248. The average Bonchev–Trinajstić information content (AvgIpc) is 2.98. The van der Waals surface area contributed by atoms with E-state index in [-0.39, 0.29) is 11.4 Å². The van der Waals surface area contributed by atoms with Crippen molar-refractivity contribution in [2.75, 3.05) is 35.0 Å². The fraction of sp³-hybridized carbons (Fsp3) is 0.389. The molecule has 0 aliphatic rings. The van der Waals surface area contributed by atoms with Crippen molar-refractivity contribution >= 4 is 41.4 Å². The SMILES string of the molecule is COCCCn1c(O)c(C=Nc2cc(OC)c(OC)cc2C(=O)OC)sc1=S. The number of hydrogen-bond donors (Lipinski definition) is 1. The number of hydrogen-bond acceptors (Lipinski definition) is 9. The number of ether oxygens (including phenoxy) is 4. The van der Waals surface area contributed by atoms with E-state index < -0.39 is 5.97 Å². The van der Waals surface area contributed by atoms with E-state index in [1.807, 2.05) is 0 Å². The molecule has 1 heterocycles. The second-order valence-electron chi connectivity index (χ2n) is 5.53. The number of carbonyl (C=O) groups is 1. The van der Waals surface area contributed by atoms with Crippen molar-refractivity contribution in [2.45, 2.75) is 13.0 Å². The van der Waals surface area contributed by atoms with Gasteiger partial charge in [0.2, 0.25) is 5.88 Å². The van der Waals surface area contributed by atoms with Gasteiger partial charge in [-0.1, -0.05) is 11.3 Å². The van der Waals surface area contributed by atoms with Crippen molar-refractivity contribution in [3.05, 3.63) is 26.5 Å². The molecular weight excluding hydrogens is 404 g/mol. The molecule has 0 amide bonds. The van der Waals surface area contributed by atoms with Crippen LogP contribution in [-0.4, -0.2) is 56.9 Å². The Morgan fingerprint density at radius 3 is 2.54 bits per heavy atom. The highest BCUT2D eigenvalue weighted by Crippen LogP contribution is 2.35. The number of rotatable bonds is 9. The minimum absolute atomic E-state index is 0.0231. The molecule has 28 heavy (non-hydrogen) atoms. The summed E-state index contributed by atoms with van der Waals surface area (Å²) < 4.78 is 22.5. The van der Waals surface area contributed by atoms with Crippen LogP contribution in [0.5, 0.6) is 17.4 Å². The summed E-state index contributed by atoms with van der Waals surface area (Å²) >= 11 is 6.53. The van der Waals surface area contributed by atoms with Gasteiger partial charge in [0, 0.05) is 32.4 Å². The Bertz CT molecular complexity index is 920. The van der Waals surface area contributed by atoms with Crippen LogP contribution in [0.25, 0.3) is 0 Å². The summed E-state index contributed by atoms with van der Waals surface area (Å²) in [6.45, 7) is 1.10. The molecule has 0 fully saturated rings. The van der Waals surface area contributed by atoms with Crippen LogP contribution in [0.2, 0.25) is 0 Å². The van der Waals surface area contributed by atoms with E-state index in [1.165, 1.54) is 44.9 Å². The normalized spacial score (nSPS) is 11.0. The second kappa shape index (κ2) is 10.2. The van der Waals surface area contributed by atoms with Crippen LogP contribution in [-0.2, 0) is 16.0 Å². The molecule has 0 saturated heterocycles. The molecule has 2 rings (SSSR count). The highest BCUT2D eigenvalue weighted by molar-refractivity contribution is 7.73. The maximum atomic E-state index is 12.1. The van der Waals surface area contributed by atoms with Crippen LogP contribution in [0.4, 0.5) is 5.69 Å². The van der Waals surface area contributed by atoms with Crippen LogP contribution < -0.4 is 9.47 Å². The highest BCUT2D eigenvalue weighted by atomic mass is 32.1. The molecule has 2 aromatic rings. The number of nitrogens with zero attached hydrogens (tertiary/aromatic N) is 2. The minimum Gasteiger partial charge on any atom is -0.493 e. The van der Waals surface area contributed by atoms with E-state index in [0.717, 1.165) is 0 Å². The standard InChI is InChI=1S/C18H22N2O6S2/c1-23-7-5-6-20-16(21)15(28-18(20)27)10-19-12-9-14(25-3)13(24-2)8-11(12)17(22)26-4/h8-10,21H,5-7H2,1-4H3. The Balaban J connectivity index is 2.41. The van der Waals surface area contributed by atoms with Gasteiger partial charge in [0.05, 0.1) is 38.8 Å². The van der Waals surface area contributed by atoms with E-state index in [2.05, 4.69) is 4.99 Å². The van der Waals surface area contributed by atoms with Crippen molar-refractivity contribution in [3.8, 4) is 17.4 Å². The van der Waals surface area contributed by atoms with E-state index in [9.17, 15) is 9.90 Å². The van der Waals surface area contributed by atoms with E-state index in [0.29, 0.717) is 45.6 Å². The summed E-state index contributed by atoms with van der Waals surface area (Å²) in [5.41, 5.74) is 0.521. The third-order valence-electron chi connectivity index (χ3n) is 3.85. The molecule has 10 heteroatoms. The molecule has 0 radical (unpaired) electrons. The molecule has 0 saturated carbocycles. The second-order valence-corrected chi connectivity index (χ2v) is 7.20. The lowest BCUT2D eigenvalue weighted by atomic mass is 10.1. The number of benzene rings is 1. The third-order valence-corrected chi connectivity index (χ3v) is 5.23. The van der Waals surface area contributed by atoms with Crippen molar-refractivity contribution in [3.63, 3.8) is 0 Å². The van der Waals surface area contributed by atoms with Crippen LogP contribution >= 0.6 is 23.6 Å². The molecule has 1 aromatic carbocycles. The van der Waals surface area contributed by atoms with Gasteiger partial charge in [-0.25, -0.2) is 4.79 Å². The molecule has 152 valence electrons. The fourth-order valence-corrected chi connectivity index (χ4v) is 3.67. The maximum absolute atomic E-state index is 12.1. The first-order chi connectivity index (χ1) is 13.5. The van der Waals surface area contributed by atoms with E-state index >= 15 is 0 Å². The zero-order valence-electron chi connectivity index (χ0n) is 16.1. The largest absolute Gasteiger partial charge is 0.493 e. The first-order valence-electron chi connectivity index (χ1n) is 8.26. The Hall–Kier alpha value is -2.43. The molecule has 0 aliphatic heterocycles. The minimum atomic E-state index is -0.568. The summed E-state index contributed by atoms with van der Waals surface area (Å²) in [4.78, 5) is 16.9. The zero-order chi connectivity index (χ0) is 20.7. The molecule has 1 N–H and O–H groups in total. The van der Waals surface area contributed by atoms with Gasteiger partial charge in [-0.2, -0.15) is 0 Å². The van der Waals surface area contributed by atoms with Gasteiger partial charge in [0.25, 0.3) is 0 Å². The molecule has 0 atom stereocenters. The van der Waals surface area contributed by atoms with E-state index in [1.54, 1.807) is 17.7 Å². The van der Waals surface area contributed by atoms with Gasteiger partial charge in [-0.05, 0) is 18.6 Å². The van der Waals surface area contributed by atoms with Crippen LogP contribution in [0, 0.1) is 3.95 Å². The topological polar surface area (TPSA) is 91.5 Å². The summed E-state index contributed by atoms with van der Waals surface area (Å²) in [6.07, 6.45) is 2.17. The van der Waals surface area contributed by atoms with Gasteiger partial charge < -0.3 is 24.1 Å². The lowest BCUT2D eigenvalue weighted by molar-refractivity contribution is 0.0601. The van der Waals surface area contributed by atoms with Gasteiger partial charge in [-0.3, -0.25) is 9.56 Å². The number of methoxy groups -OCH3 is 4. The predicted octanol–water partition coefficient (Wildman–Crippen LogP) is 3.58. The summed E-state index contributed by atoms with van der Waals surface area (Å²) in [7, 11) is 5.86. The molecule has 8 nitrogen and oxygen atoms in total. The zero-order valence-corrected chi connectivity index (χ0v) is 17.7. The van der Waals surface area contributed by atoms with Crippen molar-refractivity contribution in [2.24, 2.45) is 4.99 Å². The molecule has 0 bridgehead atoms. The number of aromatic nitrogens is 1. The van der Waals surface area contributed by atoms with Crippen molar-refractivity contribution < 1.29 is 28.8 Å². The Morgan fingerprint density at radius 1 is 1.25 bits per heavy atom. The van der Waals surface area contributed by atoms with Crippen LogP contribution in [0.3, 0.4) is 0 Å². The van der Waals surface area contributed by atoms with Gasteiger partial charge >= 0.3 is 5.97 Å². The Kier molecular flexibility index (Phi) is 7.97. The molecule has 0 unspecified atom stereocenters. The highest BCUT2D eigenvalue weighted by Gasteiger charge is 2.17. The first-order valence-corrected chi connectivity index (χ1v) is 9.49. The molecule has 1 aromatic heterocycles. The quantitative estimate of drug-likeness (QED) is 0.284. The van der Waals surface area contributed by atoms with Gasteiger partial charge in [0.1, 0.15) is 4.88 Å². The fourth-order valence-electron chi connectivity index (χ4n) is 2.44. The lowest BCUT2D eigenvalue weighted by Gasteiger charge is -2.11. The van der Waals surface area contributed by atoms with Crippen LogP contribution in [0.1, 0.15) is 21.7 Å². The molecular formula is C18H22N2O6S2. The Labute approximate surface area is 172 Å². The average molecular weight is 427 g/mol. The summed E-state index contributed by atoms with van der Waals surface area (Å²) in [6, 6.07) is 3.06. The molecule has 0 spiro atoms. The van der Waals surface area contributed by atoms with Gasteiger partial charge in [0.15, 0.2) is 15.5 Å². The number of aliphatic imine (C=N–C) groups is 1. The third kappa shape index (κ3) is 4.89. The monoisotopic (exact) mass is 426 g/mol. The summed E-state index contributed by atoms with van der Waals surface area (Å²) in [5, 5.41) is 10.4. The number of aromatic hydroxyl groups is 1. The number of esters is 1. The predicted molar refractivity (Wildman–Crippen MR) is 109 cm³/mol. The Morgan fingerprint density at radius 2 is 1.93 bits per heavy atom. The van der Waals surface area contributed by atoms with Crippen molar-refractivity contribution in [1.82, 2.24) is 4.57 Å². The van der Waals surface area contributed by atoms with Crippen LogP contribution in [0.15, 0.2) is 17.1 Å². The van der Waals surface area contributed by atoms with Gasteiger partial charge in [-0.15, -0.1) is 0 Å². The number of carbonyl (C=O) groups excluding carboxylic acids is 1. The lowest BCUT2D eigenvalue weighted by Crippen LogP contribution is -2.03. The smallest absolute Gasteiger partial charge is 0.340 e. The maximum Gasteiger partial charge on any atom is 0.340 e. The first kappa shape index (κ1) is 21.9.